The lowest BCUT2D eigenvalue weighted by molar-refractivity contribution is -0.151. The van der Waals surface area contributed by atoms with Crippen LogP contribution in [0.4, 0.5) is 29.3 Å². The Balaban J connectivity index is 1.55. The number of alkyl halides is 3. The monoisotopic (exact) mass is 557 g/mol. The van der Waals surface area contributed by atoms with Gasteiger partial charge in [0.15, 0.2) is 5.82 Å². The summed E-state index contributed by atoms with van der Waals surface area (Å²) in [5.74, 6) is -0.830. The third-order valence-electron chi connectivity index (χ3n) is 6.25. The molecule has 4 N–H and O–H groups in total. The molecule has 0 saturated heterocycles. The van der Waals surface area contributed by atoms with Crippen LogP contribution in [0.25, 0.3) is 22.3 Å². The Morgan fingerprint density at radius 3 is 2.49 bits per heavy atom. The van der Waals surface area contributed by atoms with Crippen molar-refractivity contribution in [1.82, 2.24) is 15.0 Å². The number of pyridine rings is 1. The number of nitrogens with one attached hydrogen (secondary N) is 2. The molecule has 0 atom stereocenters. The predicted molar refractivity (Wildman–Crippen MR) is 134 cm³/mol. The van der Waals surface area contributed by atoms with Crippen molar-refractivity contribution in [3.05, 3.63) is 71.5 Å². The standard InChI is InChI=1S/C25H19F4N7O2S/c26-16-4-5-18(15(11-16)12-30)19-6-7-20-21(33-19)22(36-24(8-9-24)25(27,28)29)35-23(34-20)32-13-14-2-1-3-17(10-14)39(31,37)38/h1-7,10-11H,8-9,13H2,(H2,31,37,38)(H2,32,34,35,36). The zero-order valence-corrected chi connectivity index (χ0v) is 20.7. The number of sulfonamides is 1. The van der Waals surface area contributed by atoms with Crippen LogP contribution < -0.4 is 15.8 Å². The van der Waals surface area contributed by atoms with Gasteiger partial charge in [-0.3, -0.25) is 0 Å². The third-order valence-corrected chi connectivity index (χ3v) is 7.16. The van der Waals surface area contributed by atoms with Gasteiger partial charge in [0.2, 0.25) is 16.0 Å². The van der Waals surface area contributed by atoms with E-state index in [0.717, 1.165) is 12.1 Å². The average molecular weight is 558 g/mol. The number of nitriles is 1. The number of benzene rings is 2. The zero-order valence-electron chi connectivity index (χ0n) is 19.9. The highest BCUT2D eigenvalue weighted by Crippen LogP contribution is 2.51. The number of primary sulfonamides is 1. The lowest BCUT2D eigenvalue weighted by Crippen LogP contribution is -2.39. The first-order chi connectivity index (χ1) is 18.4. The molecule has 14 heteroatoms. The lowest BCUT2D eigenvalue weighted by Gasteiger charge is -2.22. The van der Waals surface area contributed by atoms with E-state index in [9.17, 15) is 31.2 Å². The van der Waals surface area contributed by atoms with Crippen molar-refractivity contribution >= 4 is 32.8 Å². The summed E-state index contributed by atoms with van der Waals surface area (Å²) >= 11 is 0. The highest BCUT2D eigenvalue weighted by molar-refractivity contribution is 7.89. The summed E-state index contributed by atoms with van der Waals surface area (Å²) < 4.78 is 78.3. The number of halogens is 4. The number of nitrogens with zero attached hydrogens (tertiary/aromatic N) is 4. The van der Waals surface area contributed by atoms with Crippen LogP contribution in [-0.2, 0) is 16.6 Å². The zero-order chi connectivity index (χ0) is 28.0. The van der Waals surface area contributed by atoms with Crippen molar-refractivity contribution in [2.24, 2.45) is 5.14 Å². The van der Waals surface area contributed by atoms with E-state index in [1.807, 2.05) is 6.07 Å². The van der Waals surface area contributed by atoms with Gasteiger partial charge >= 0.3 is 6.18 Å². The minimum absolute atomic E-state index is 0.00578. The van der Waals surface area contributed by atoms with E-state index in [-0.39, 0.29) is 58.3 Å². The van der Waals surface area contributed by atoms with Crippen LogP contribution in [0.3, 0.4) is 0 Å². The summed E-state index contributed by atoms with van der Waals surface area (Å²) in [5, 5.41) is 20.0. The Bertz CT molecular complexity index is 1750. The van der Waals surface area contributed by atoms with E-state index in [1.165, 1.54) is 36.4 Å². The molecule has 1 saturated carbocycles. The summed E-state index contributed by atoms with van der Waals surface area (Å²) in [6, 6.07) is 14.3. The largest absolute Gasteiger partial charge is 0.411 e. The van der Waals surface area contributed by atoms with Gasteiger partial charge in [0.05, 0.1) is 27.7 Å². The third kappa shape index (κ3) is 5.31. The van der Waals surface area contributed by atoms with E-state index < -0.39 is 27.6 Å². The second-order valence-corrected chi connectivity index (χ2v) is 10.6. The van der Waals surface area contributed by atoms with Gasteiger partial charge in [-0.25, -0.2) is 27.9 Å². The summed E-state index contributed by atoms with van der Waals surface area (Å²) in [5.41, 5.74) is -0.896. The molecule has 9 nitrogen and oxygen atoms in total. The molecule has 2 heterocycles. The van der Waals surface area contributed by atoms with E-state index in [1.54, 1.807) is 6.07 Å². The van der Waals surface area contributed by atoms with E-state index in [0.29, 0.717) is 11.1 Å². The van der Waals surface area contributed by atoms with Crippen LogP contribution in [0.2, 0.25) is 0 Å². The first kappa shape index (κ1) is 26.3. The van der Waals surface area contributed by atoms with Gasteiger partial charge in [-0.1, -0.05) is 12.1 Å². The minimum atomic E-state index is -4.55. The molecule has 0 spiro atoms. The van der Waals surface area contributed by atoms with Crippen LogP contribution >= 0.6 is 0 Å². The van der Waals surface area contributed by atoms with Gasteiger partial charge in [0.1, 0.15) is 16.9 Å². The van der Waals surface area contributed by atoms with Crippen molar-refractivity contribution in [3.63, 3.8) is 0 Å². The first-order valence-corrected chi connectivity index (χ1v) is 13.0. The molecule has 1 fully saturated rings. The highest BCUT2D eigenvalue weighted by atomic mass is 32.2. The molecule has 5 rings (SSSR count). The van der Waals surface area contributed by atoms with Crippen LogP contribution in [0.15, 0.2) is 59.5 Å². The normalized spacial score (nSPS) is 14.6. The van der Waals surface area contributed by atoms with E-state index >= 15 is 0 Å². The first-order valence-electron chi connectivity index (χ1n) is 11.5. The molecule has 0 amide bonds. The summed E-state index contributed by atoms with van der Waals surface area (Å²) in [4.78, 5) is 12.9. The number of aromatic nitrogens is 3. The smallest absolute Gasteiger partial charge is 0.354 e. The van der Waals surface area contributed by atoms with Gasteiger partial charge in [-0.15, -0.1) is 0 Å². The van der Waals surface area contributed by atoms with Crippen molar-refractivity contribution in [2.75, 3.05) is 10.6 Å². The van der Waals surface area contributed by atoms with Crippen molar-refractivity contribution in [2.45, 2.75) is 36.0 Å². The van der Waals surface area contributed by atoms with Gasteiger partial charge in [0.25, 0.3) is 0 Å². The molecule has 0 aliphatic heterocycles. The van der Waals surface area contributed by atoms with Gasteiger partial charge < -0.3 is 10.6 Å². The summed E-state index contributed by atoms with van der Waals surface area (Å²) in [6.45, 7) is 0.0470. The number of fused-ring (bicyclic) bond motifs is 1. The Kier molecular flexibility index (Phi) is 6.36. The molecule has 4 aromatic rings. The summed E-state index contributed by atoms with van der Waals surface area (Å²) in [6.07, 6.45) is -4.85. The number of hydrogen-bond acceptors (Lipinski definition) is 8. The molecule has 1 aliphatic rings. The molecule has 39 heavy (non-hydrogen) atoms. The maximum atomic E-state index is 13.8. The topological polar surface area (TPSA) is 147 Å². The minimum Gasteiger partial charge on any atom is -0.354 e. The molecule has 0 unspecified atom stereocenters. The molecular formula is C25H19F4N7O2S. The fraction of sp³-hybridized carbons (Fsp3) is 0.200. The van der Waals surface area contributed by atoms with Crippen molar-refractivity contribution in [1.29, 1.82) is 5.26 Å². The summed E-state index contributed by atoms with van der Waals surface area (Å²) in [7, 11) is -3.93. The molecular weight excluding hydrogens is 538 g/mol. The number of hydrogen-bond donors (Lipinski definition) is 3. The fourth-order valence-electron chi connectivity index (χ4n) is 4.01. The molecule has 200 valence electrons. The Morgan fingerprint density at radius 2 is 1.82 bits per heavy atom. The van der Waals surface area contributed by atoms with Crippen molar-refractivity contribution in [3.8, 4) is 17.3 Å². The van der Waals surface area contributed by atoms with Gasteiger partial charge in [0, 0.05) is 12.1 Å². The number of rotatable bonds is 7. The maximum absolute atomic E-state index is 13.8. The molecule has 1 aliphatic carbocycles. The average Bonchev–Trinajstić information content (AvgIpc) is 3.68. The molecule has 0 bridgehead atoms. The fourth-order valence-corrected chi connectivity index (χ4v) is 4.59. The highest BCUT2D eigenvalue weighted by Gasteiger charge is 2.64. The second-order valence-electron chi connectivity index (χ2n) is 9.01. The number of anilines is 2. The quantitative estimate of drug-likeness (QED) is 0.282. The van der Waals surface area contributed by atoms with Crippen molar-refractivity contribution < 1.29 is 26.0 Å². The van der Waals surface area contributed by atoms with E-state index in [4.69, 9.17) is 5.14 Å². The van der Waals surface area contributed by atoms with Crippen LogP contribution in [0.1, 0.15) is 24.0 Å². The lowest BCUT2D eigenvalue weighted by atomic mass is 10.0. The SMILES string of the molecule is N#Cc1cc(F)ccc1-c1ccc2nc(NCc3cccc(S(N)(=O)=O)c3)nc(NC3(C(F)(F)F)CC3)c2n1. The van der Waals surface area contributed by atoms with Crippen LogP contribution in [0, 0.1) is 17.1 Å². The van der Waals surface area contributed by atoms with Gasteiger partial charge in [-0.05, 0) is 60.9 Å². The Morgan fingerprint density at radius 1 is 1.05 bits per heavy atom. The van der Waals surface area contributed by atoms with E-state index in [2.05, 4.69) is 25.6 Å². The van der Waals surface area contributed by atoms with Crippen LogP contribution in [0.5, 0.6) is 0 Å². The Labute approximate surface area is 219 Å². The van der Waals surface area contributed by atoms with Gasteiger partial charge in [-0.2, -0.15) is 23.4 Å². The maximum Gasteiger partial charge on any atom is 0.411 e. The predicted octanol–water partition coefficient (Wildman–Crippen LogP) is 4.47. The number of nitrogens with two attached hydrogens (primary N) is 1. The Hall–Kier alpha value is -4.35. The second kappa shape index (κ2) is 9.44. The van der Waals surface area contributed by atoms with Crippen LogP contribution in [-0.4, -0.2) is 35.1 Å². The molecule has 0 radical (unpaired) electrons. The molecule has 2 aromatic heterocycles. The molecule has 2 aromatic carbocycles.